The van der Waals surface area contributed by atoms with Gasteiger partial charge in [0.15, 0.2) is 0 Å². The average molecular weight is 383 g/mol. The van der Waals surface area contributed by atoms with Crippen LogP contribution in [0.3, 0.4) is 0 Å². The monoisotopic (exact) mass is 382 g/mol. The van der Waals surface area contributed by atoms with Crippen molar-refractivity contribution in [2.75, 3.05) is 20.2 Å². The summed E-state index contributed by atoms with van der Waals surface area (Å²) in [7, 11) is 1.65. The molecular formula is C17H23BrN2O3. The lowest BCUT2D eigenvalue weighted by molar-refractivity contribution is 0.0270. The molecule has 0 N–H and O–H groups in total. The highest BCUT2D eigenvalue weighted by Gasteiger charge is 2.24. The van der Waals surface area contributed by atoms with Crippen molar-refractivity contribution in [2.45, 2.75) is 38.1 Å². The predicted molar refractivity (Wildman–Crippen MR) is 93.8 cm³/mol. The summed E-state index contributed by atoms with van der Waals surface area (Å²) >= 11 is 3.40. The zero-order valence-electron chi connectivity index (χ0n) is 14.1. The fourth-order valence-corrected chi connectivity index (χ4v) is 2.77. The summed E-state index contributed by atoms with van der Waals surface area (Å²) in [4.78, 5) is 18.2. The van der Waals surface area contributed by atoms with Gasteiger partial charge in [0.25, 0.3) is 0 Å². The van der Waals surface area contributed by atoms with Crippen LogP contribution in [0.2, 0.25) is 0 Å². The number of hydrogen-bond acceptors (Lipinski definition) is 4. The van der Waals surface area contributed by atoms with Gasteiger partial charge in [0, 0.05) is 24.6 Å². The minimum absolute atomic E-state index is 0.266. The van der Waals surface area contributed by atoms with Crippen LogP contribution >= 0.6 is 15.9 Å². The van der Waals surface area contributed by atoms with E-state index in [0.717, 1.165) is 23.4 Å². The topological polar surface area (TPSA) is 51.7 Å². The minimum Gasteiger partial charge on any atom is -0.495 e. The van der Waals surface area contributed by atoms with Gasteiger partial charge < -0.3 is 14.4 Å². The highest BCUT2D eigenvalue weighted by atomic mass is 79.9. The van der Waals surface area contributed by atoms with Gasteiger partial charge in [-0.05, 0) is 44.4 Å². The molecule has 1 aromatic heterocycles. The summed E-state index contributed by atoms with van der Waals surface area (Å²) in [5, 5.41) is 0.655. The molecule has 5 nitrogen and oxygen atoms in total. The Morgan fingerprint density at radius 3 is 2.70 bits per heavy atom. The van der Waals surface area contributed by atoms with E-state index in [4.69, 9.17) is 9.47 Å². The summed E-state index contributed by atoms with van der Waals surface area (Å²) in [6.45, 7) is 6.81. The molecule has 0 bridgehead atoms. The van der Waals surface area contributed by atoms with Crippen molar-refractivity contribution in [2.24, 2.45) is 0 Å². The van der Waals surface area contributed by atoms with E-state index in [-0.39, 0.29) is 6.09 Å². The molecule has 6 heteroatoms. The number of halogens is 1. The molecule has 1 aromatic rings. The van der Waals surface area contributed by atoms with Gasteiger partial charge in [0.05, 0.1) is 12.8 Å². The highest BCUT2D eigenvalue weighted by molar-refractivity contribution is 9.08. The van der Waals surface area contributed by atoms with Crippen LogP contribution in [0.25, 0.3) is 5.57 Å². The first-order valence-corrected chi connectivity index (χ1v) is 8.72. The van der Waals surface area contributed by atoms with E-state index < -0.39 is 5.60 Å². The van der Waals surface area contributed by atoms with E-state index in [1.807, 2.05) is 33.0 Å². The SMILES string of the molecule is COc1cc(C2=CCN(C(=O)OC(C)(C)C)CC2)cnc1CBr. The molecule has 0 saturated carbocycles. The molecule has 0 spiro atoms. The van der Waals surface area contributed by atoms with E-state index in [2.05, 4.69) is 27.0 Å². The third-order valence-electron chi connectivity index (χ3n) is 3.51. The molecule has 2 heterocycles. The van der Waals surface area contributed by atoms with Crippen molar-refractivity contribution in [3.05, 3.63) is 29.6 Å². The molecule has 0 atom stereocenters. The molecule has 0 radical (unpaired) electrons. The van der Waals surface area contributed by atoms with Crippen molar-refractivity contribution in [1.29, 1.82) is 0 Å². The van der Waals surface area contributed by atoms with Gasteiger partial charge in [-0.1, -0.05) is 22.0 Å². The average Bonchev–Trinajstić information content (AvgIpc) is 2.52. The molecule has 2 rings (SSSR count). The van der Waals surface area contributed by atoms with Crippen LogP contribution in [0.4, 0.5) is 4.79 Å². The summed E-state index contributed by atoms with van der Waals surface area (Å²) in [5.41, 5.74) is 2.62. The second kappa shape index (κ2) is 7.34. The number of aromatic nitrogens is 1. The van der Waals surface area contributed by atoms with Crippen molar-refractivity contribution in [1.82, 2.24) is 9.88 Å². The Kier molecular flexibility index (Phi) is 5.68. The van der Waals surface area contributed by atoms with Crippen LogP contribution < -0.4 is 4.74 Å². The normalized spacial score (nSPS) is 15.2. The maximum atomic E-state index is 12.1. The second-order valence-corrected chi connectivity index (χ2v) is 6.97. The van der Waals surface area contributed by atoms with Gasteiger partial charge in [-0.25, -0.2) is 4.79 Å². The summed E-state index contributed by atoms with van der Waals surface area (Å²) in [5.74, 6) is 0.773. The molecule has 0 unspecified atom stereocenters. The number of hydrogen-bond donors (Lipinski definition) is 0. The maximum absolute atomic E-state index is 12.1. The Balaban J connectivity index is 2.08. The number of amides is 1. The predicted octanol–water partition coefficient (Wildman–Crippen LogP) is 4.01. The van der Waals surface area contributed by atoms with Crippen LogP contribution in [0.1, 0.15) is 38.4 Å². The Bertz CT molecular complexity index is 608. The summed E-state index contributed by atoms with van der Waals surface area (Å²) in [6.07, 6.45) is 4.42. The van der Waals surface area contributed by atoms with Crippen LogP contribution in [-0.2, 0) is 10.1 Å². The van der Waals surface area contributed by atoms with Gasteiger partial charge in [-0.2, -0.15) is 0 Å². The first kappa shape index (κ1) is 17.8. The molecular weight excluding hydrogens is 360 g/mol. The van der Waals surface area contributed by atoms with Gasteiger partial charge in [0.2, 0.25) is 0 Å². The number of nitrogens with zero attached hydrogens (tertiary/aromatic N) is 2. The molecule has 1 aliphatic heterocycles. The second-order valence-electron chi connectivity index (χ2n) is 6.41. The van der Waals surface area contributed by atoms with Crippen LogP contribution in [0.5, 0.6) is 5.75 Å². The summed E-state index contributed by atoms with van der Waals surface area (Å²) in [6, 6.07) is 2.00. The van der Waals surface area contributed by atoms with E-state index in [1.54, 1.807) is 12.0 Å². The van der Waals surface area contributed by atoms with Crippen LogP contribution in [0, 0.1) is 0 Å². The Hall–Kier alpha value is -1.56. The molecule has 0 saturated heterocycles. The highest BCUT2D eigenvalue weighted by Crippen LogP contribution is 2.28. The molecule has 0 fully saturated rings. The van der Waals surface area contributed by atoms with E-state index in [0.29, 0.717) is 18.4 Å². The quantitative estimate of drug-likeness (QED) is 0.741. The van der Waals surface area contributed by atoms with Gasteiger partial charge in [0.1, 0.15) is 11.4 Å². The van der Waals surface area contributed by atoms with E-state index >= 15 is 0 Å². The maximum Gasteiger partial charge on any atom is 0.410 e. The molecule has 0 aliphatic carbocycles. The van der Waals surface area contributed by atoms with Crippen molar-refractivity contribution in [3.8, 4) is 5.75 Å². The molecule has 1 aliphatic rings. The zero-order chi connectivity index (χ0) is 17.0. The third kappa shape index (κ3) is 4.70. The number of ether oxygens (including phenoxy) is 2. The Morgan fingerprint density at radius 2 is 2.17 bits per heavy atom. The lowest BCUT2D eigenvalue weighted by Gasteiger charge is -2.29. The lowest BCUT2D eigenvalue weighted by atomic mass is 10.0. The Morgan fingerprint density at radius 1 is 1.43 bits per heavy atom. The first-order valence-electron chi connectivity index (χ1n) is 7.60. The first-order chi connectivity index (χ1) is 10.8. The Labute approximate surface area is 145 Å². The number of pyridine rings is 1. The number of carbonyl (C=O) groups is 1. The number of methoxy groups -OCH3 is 1. The summed E-state index contributed by atoms with van der Waals surface area (Å²) < 4.78 is 10.8. The lowest BCUT2D eigenvalue weighted by Crippen LogP contribution is -2.39. The fourth-order valence-electron chi connectivity index (χ4n) is 2.35. The molecule has 1 amide bonds. The largest absolute Gasteiger partial charge is 0.495 e. The van der Waals surface area contributed by atoms with Crippen molar-refractivity contribution >= 4 is 27.6 Å². The minimum atomic E-state index is -0.468. The fraction of sp³-hybridized carbons (Fsp3) is 0.529. The number of alkyl halides is 1. The molecule has 23 heavy (non-hydrogen) atoms. The number of carbonyl (C=O) groups excluding carboxylic acids is 1. The standard InChI is InChI=1S/C17H23BrN2O3/c1-17(2,3)23-16(21)20-7-5-12(6-8-20)13-9-15(22-4)14(10-18)19-11-13/h5,9,11H,6-8,10H2,1-4H3. The van der Waals surface area contributed by atoms with Crippen LogP contribution in [-0.4, -0.2) is 41.8 Å². The van der Waals surface area contributed by atoms with Crippen molar-refractivity contribution < 1.29 is 14.3 Å². The van der Waals surface area contributed by atoms with E-state index in [9.17, 15) is 4.79 Å². The van der Waals surface area contributed by atoms with Gasteiger partial charge in [-0.15, -0.1) is 0 Å². The molecule has 126 valence electrons. The number of rotatable bonds is 3. The molecule has 0 aromatic carbocycles. The smallest absolute Gasteiger partial charge is 0.410 e. The van der Waals surface area contributed by atoms with E-state index in [1.165, 1.54) is 5.57 Å². The van der Waals surface area contributed by atoms with Gasteiger partial charge in [-0.3, -0.25) is 4.98 Å². The van der Waals surface area contributed by atoms with Crippen molar-refractivity contribution in [3.63, 3.8) is 0 Å². The zero-order valence-corrected chi connectivity index (χ0v) is 15.6. The van der Waals surface area contributed by atoms with Gasteiger partial charge >= 0.3 is 6.09 Å². The van der Waals surface area contributed by atoms with Crippen LogP contribution in [0.15, 0.2) is 18.3 Å². The third-order valence-corrected chi connectivity index (χ3v) is 4.04.